The van der Waals surface area contributed by atoms with Crippen molar-refractivity contribution in [3.05, 3.63) is 29.2 Å². The van der Waals surface area contributed by atoms with Crippen LogP contribution in [-0.2, 0) is 17.9 Å². The van der Waals surface area contributed by atoms with Crippen LogP contribution in [0.5, 0.6) is 0 Å². The van der Waals surface area contributed by atoms with Crippen molar-refractivity contribution in [1.82, 2.24) is 29.7 Å². The fourth-order valence-electron chi connectivity index (χ4n) is 3.46. The Labute approximate surface area is 147 Å². The normalized spacial score (nSPS) is 18.0. The van der Waals surface area contributed by atoms with E-state index in [-0.39, 0.29) is 11.9 Å². The van der Waals surface area contributed by atoms with Gasteiger partial charge in [-0.25, -0.2) is 0 Å². The number of likely N-dealkylation sites (tertiary alicyclic amines) is 1. The minimum atomic E-state index is 0.0489. The van der Waals surface area contributed by atoms with E-state index >= 15 is 0 Å². The monoisotopic (exact) mass is 346 g/mol. The molecule has 2 aromatic heterocycles. The van der Waals surface area contributed by atoms with Gasteiger partial charge in [0.25, 0.3) is 0 Å². The molecule has 136 valence electrons. The molecule has 25 heavy (non-hydrogen) atoms. The maximum Gasteiger partial charge on any atom is 0.223 e. The third-order valence-corrected chi connectivity index (χ3v) is 4.71. The highest BCUT2D eigenvalue weighted by Crippen LogP contribution is 2.18. The first-order valence-electron chi connectivity index (χ1n) is 8.72. The topological polar surface area (TPSA) is 80.3 Å². The van der Waals surface area contributed by atoms with E-state index in [2.05, 4.69) is 33.1 Å². The average Bonchev–Trinajstić information content (AvgIpc) is 3.24. The highest BCUT2D eigenvalue weighted by atomic mass is 16.5. The van der Waals surface area contributed by atoms with Gasteiger partial charge in [-0.2, -0.15) is 10.1 Å². The Hall–Kier alpha value is -2.22. The lowest BCUT2D eigenvalue weighted by atomic mass is 10.2. The molecule has 3 heterocycles. The van der Waals surface area contributed by atoms with Crippen LogP contribution in [0.2, 0.25) is 0 Å². The Balaban J connectivity index is 1.56. The van der Waals surface area contributed by atoms with E-state index in [1.54, 1.807) is 13.8 Å². The number of rotatable bonds is 6. The van der Waals surface area contributed by atoms with E-state index in [1.807, 2.05) is 16.5 Å². The third kappa shape index (κ3) is 4.25. The number of nitrogens with zero attached hydrogens (tertiary/aromatic N) is 6. The molecular weight excluding hydrogens is 320 g/mol. The van der Waals surface area contributed by atoms with E-state index < -0.39 is 0 Å². The minimum absolute atomic E-state index is 0.0489. The second-order valence-corrected chi connectivity index (χ2v) is 6.77. The molecule has 0 bridgehead atoms. The predicted octanol–water partition coefficient (Wildman–Crippen LogP) is 1.31. The molecule has 8 heteroatoms. The van der Waals surface area contributed by atoms with Crippen LogP contribution in [-0.4, -0.2) is 61.3 Å². The summed E-state index contributed by atoms with van der Waals surface area (Å²) in [6.07, 6.45) is 0.966. The molecular formula is C17H26N6O2. The Morgan fingerprint density at radius 2 is 2.16 bits per heavy atom. The van der Waals surface area contributed by atoms with E-state index in [1.165, 1.54) is 5.69 Å². The van der Waals surface area contributed by atoms with Gasteiger partial charge in [0.2, 0.25) is 11.8 Å². The maximum absolute atomic E-state index is 12.1. The second kappa shape index (κ2) is 7.35. The molecule has 1 amide bonds. The highest BCUT2D eigenvalue weighted by molar-refractivity contribution is 5.73. The number of hydrogen-bond acceptors (Lipinski definition) is 6. The van der Waals surface area contributed by atoms with Crippen molar-refractivity contribution in [3.8, 4) is 0 Å². The molecule has 0 spiro atoms. The second-order valence-electron chi connectivity index (χ2n) is 6.77. The molecule has 3 rings (SSSR count). The van der Waals surface area contributed by atoms with Gasteiger partial charge in [-0.3, -0.25) is 14.4 Å². The summed E-state index contributed by atoms with van der Waals surface area (Å²) >= 11 is 0. The number of amides is 1. The standard InChI is InChI=1S/C17H26N6O2/c1-12-9-13(2)23(19-12)8-7-21-6-5-16(10-21)22(15(4)24)11-17-18-14(3)25-20-17/h9,16H,5-8,10-11H2,1-4H3/t16-/m0/s1. The van der Waals surface area contributed by atoms with E-state index in [0.717, 1.165) is 38.3 Å². The number of carbonyl (C=O) groups excluding carboxylic acids is 1. The molecule has 1 aliphatic heterocycles. The van der Waals surface area contributed by atoms with E-state index in [9.17, 15) is 4.79 Å². The van der Waals surface area contributed by atoms with Gasteiger partial charge in [-0.1, -0.05) is 5.16 Å². The van der Waals surface area contributed by atoms with Crippen LogP contribution in [0.1, 0.15) is 36.4 Å². The van der Waals surface area contributed by atoms with Crippen LogP contribution in [0, 0.1) is 20.8 Å². The van der Waals surface area contributed by atoms with Crippen molar-refractivity contribution in [1.29, 1.82) is 0 Å². The highest BCUT2D eigenvalue weighted by Gasteiger charge is 2.30. The molecule has 0 saturated carbocycles. The van der Waals surface area contributed by atoms with Crippen molar-refractivity contribution in [2.45, 2.75) is 53.2 Å². The van der Waals surface area contributed by atoms with Gasteiger partial charge in [-0.05, 0) is 26.3 Å². The summed E-state index contributed by atoms with van der Waals surface area (Å²) in [5, 5.41) is 8.42. The fourth-order valence-corrected chi connectivity index (χ4v) is 3.46. The number of aryl methyl sites for hydroxylation is 3. The Kier molecular flexibility index (Phi) is 5.17. The van der Waals surface area contributed by atoms with Crippen molar-refractivity contribution >= 4 is 5.91 Å². The maximum atomic E-state index is 12.1. The van der Waals surface area contributed by atoms with Gasteiger partial charge in [0.15, 0.2) is 5.82 Å². The largest absolute Gasteiger partial charge is 0.340 e. The first kappa shape index (κ1) is 17.6. The zero-order chi connectivity index (χ0) is 18.0. The SMILES string of the molecule is CC(=O)N(Cc1noc(C)n1)[C@H]1CCN(CCn2nc(C)cc2C)C1. The predicted molar refractivity (Wildman–Crippen MR) is 91.8 cm³/mol. The van der Waals surface area contributed by atoms with Crippen molar-refractivity contribution in [2.24, 2.45) is 0 Å². The van der Waals surface area contributed by atoms with Gasteiger partial charge >= 0.3 is 0 Å². The van der Waals surface area contributed by atoms with Crippen molar-refractivity contribution < 1.29 is 9.32 Å². The molecule has 8 nitrogen and oxygen atoms in total. The third-order valence-electron chi connectivity index (χ3n) is 4.71. The van der Waals surface area contributed by atoms with Crippen LogP contribution in [0.25, 0.3) is 0 Å². The number of carbonyl (C=O) groups is 1. The minimum Gasteiger partial charge on any atom is -0.340 e. The lowest BCUT2D eigenvalue weighted by Crippen LogP contribution is -2.40. The quantitative estimate of drug-likeness (QED) is 0.785. The summed E-state index contributed by atoms with van der Waals surface area (Å²) in [6.45, 7) is 11.5. The summed E-state index contributed by atoms with van der Waals surface area (Å²) in [7, 11) is 0. The van der Waals surface area contributed by atoms with E-state index in [4.69, 9.17) is 4.52 Å². The number of aromatic nitrogens is 4. The van der Waals surface area contributed by atoms with Crippen LogP contribution in [0.3, 0.4) is 0 Å². The molecule has 2 aromatic rings. The summed E-state index contributed by atoms with van der Waals surface area (Å²) < 4.78 is 7.06. The zero-order valence-corrected chi connectivity index (χ0v) is 15.4. The zero-order valence-electron chi connectivity index (χ0n) is 15.4. The lowest BCUT2D eigenvalue weighted by Gasteiger charge is -2.27. The molecule has 0 radical (unpaired) electrons. The lowest BCUT2D eigenvalue weighted by molar-refractivity contribution is -0.131. The molecule has 1 atom stereocenters. The summed E-state index contributed by atoms with van der Waals surface area (Å²) in [6, 6.07) is 2.29. The first-order chi connectivity index (χ1) is 11.9. The van der Waals surface area contributed by atoms with E-state index in [0.29, 0.717) is 18.3 Å². The summed E-state index contributed by atoms with van der Waals surface area (Å²) in [4.78, 5) is 20.5. The van der Waals surface area contributed by atoms with Gasteiger partial charge in [-0.15, -0.1) is 0 Å². The van der Waals surface area contributed by atoms with Crippen molar-refractivity contribution in [2.75, 3.05) is 19.6 Å². The smallest absolute Gasteiger partial charge is 0.223 e. The molecule has 1 saturated heterocycles. The first-order valence-corrected chi connectivity index (χ1v) is 8.72. The summed E-state index contributed by atoms with van der Waals surface area (Å²) in [5.74, 6) is 1.14. The van der Waals surface area contributed by atoms with Crippen molar-refractivity contribution in [3.63, 3.8) is 0 Å². The summed E-state index contributed by atoms with van der Waals surface area (Å²) in [5.41, 5.74) is 2.24. The average molecular weight is 346 g/mol. The molecule has 0 unspecified atom stereocenters. The number of hydrogen-bond donors (Lipinski definition) is 0. The molecule has 0 aromatic carbocycles. The van der Waals surface area contributed by atoms with Crippen LogP contribution in [0.4, 0.5) is 0 Å². The van der Waals surface area contributed by atoms with Gasteiger partial charge in [0.05, 0.1) is 18.8 Å². The molecule has 0 N–H and O–H groups in total. The fraction of sp³-hybridized carbons (Fsp3) is 0.647. The van der Waals surface area contributed by atoms with Gasteiger partial charge in [0, 0.05) is 45.2 Å². The van der Waals surface area contributed by atoms with Gasteiger partial charge < -0.3 is 9.42 Å². The molecule has 1 aliphatic rings. The van der Waals surface area contributed by atoms with Crippen LogP contribution < -0.4 is 0 Å². The van der Waals surface area contributed by atoms with Crippen LogP contribution in [0.15, 0.2) is 10.6 Å². The molecule has 0 aliphatic carbocycles. The molecule has 1 fully saturated rings. The van der Waals surface area contributed by atoms with Crippen LogP contribution >= 0.6 is 0 Å². The Morgan fingerprint density at radius 3 is 2.76 bits per heavy atom. The Bertz CT molecular complexity index is 737. The Morgan fingerprint density at radius 1 is 1.36 bits per heavy atom. The van der Waals surface area contributed by atoms with Gasteiger partial charge in [0.1, 0.15) is 0 Å².